The van der Waals surface area contributed by atoms with Gasteiger partial charge in [-0.2, -0.15) is 0 Å². The highest BCUT2D eigenvalue weighted by Crippen LogP contribution is 2.31. The molecule has 0 aliphatic heterocycles. The van der Waals surface area contributed by atoms with Gasteiger partial charge in [-0.1, -0.05) is 53.5 Å². The quantitative estimate of drug-likeness (QED) is 0.255. The molecule has 0 unspecified atom stereocenters. The predicted molar refractivity (Wildman–Crippen MR) is 123 cm³/mol. The number of aromatic nitrogens is 1. The van der Waals surface area contributed by atoms with Crippen molar-refractivity contribution in [3.05, 3.63) is 99.5 Å². The number of nitrogens with zero attached hydrogens (tertiary/aromatic N) is 1. The predicted octanol–water partition coefficient (Wildman–Crippen LogP) is 6.56. The van der Waals surface area contributed by atoms with E-state index in [9.17, 15) is 9.59 Å². The molecule has 154 valence electrons. The molecule has 0 bridgehead atoms. The van der Waals surface area contributed by atoms with Crippen molar-refractivity contribution < 1.29 is 14.3 Å². The van der Waals surface area contributed by atoms with Gasteiger partial charge >= 0.3 is 5.97 Å². The summed E-state index contributed by atoms with van der Waals surface area (Å²) in [6.07, 6.45) is 0. The van der Waals surface area contributed by atoms with Crippen LogP contribution in [0.4, 0.5) is 0 Å². The van der Waals surface area contributed by atoms with Crippen molar-refractivity contribution in [2.24, 2.45) is 0 Å². The van der Waals surface area contributed by atoms with Gasteiger partial charge in [-0.25, -0.2) is 9.78 Å². The number of esters is 1. The van der Waals surface area contributed by atoms with Crippen LogP contribution >= 0.6 is 23.2 Å². The van der Waals surface area contributed by atoms with Gasteiger partial charge in [0, 0.05) is 26.6 Å². The van der Waals surface area contributed by atoms with E-state index in [1.54, 1.807) is 36.4 Å². The van der Waals surface area contributed by atoms with Crippen molar-refractivity contribution in [2.45, 2.75) is 6.92 Å². The number of benzene rings is 3. The maximum absolute atomic E-state index is 13.1. The van der Waals surface area contributed by atoms with Crippen LogP contribution in [0.1, 0.15) is 26.3 Å². The molecule has 0 aliphatic carbocycles. The fraction of sp³-hybridized carbons (Fsp3) is 0.0800. The maximum atomic E-state index is 13.1. The maximum Gasteiger partial charge on any atom is 0.339 e. The van der Waals surface area contributed by atoms with Gasteiger partial charge in [-0.05, 0) is 55.0 Å². The number of ketones is 1. The van der Waals surface area contributed by atoms with Crippen LogP contribution in [0.5, 0.6) is 0 Å². The molecular weight excluding hydrogens is 433 g/mol. The second-order valence-corrected chi connectivity index (χ2v) is 7.87. The Hall–Kier alpha value is -3.21. The number of hydrogen-bond donors (Lipinski definition) is 0. The summed E-state index contributed by atoms with van der Waals surface area (Å²) >= 11 is 12.0. The zero-order chi connectivity index (χ0) is 22.0. The lowest BCUT2D eigenvalue weighted by atomic mass is 9.98. The molecule has 0 spiro atoms. The molecule has 0 aliphatic rings. The Kier molecular flexibility index (Phi) is 6.03. The lowest BCUT2D eigenvalue weighted by molar-refractivity contribution is 0.0476. The van der Waals surface area contributed by atoms with E-state index in [0.29, 0.717) is 43.3 Å². The standard InChI is InChI=1S/C25H17Cl2NO3/c1-15-23(25(30)31-14-22(29)16-9-11-18(26)12-10-16)20-7-2-3-8-21(20)28-24(15)17-5-4-6-19(27)13-17/h2-13H,14H2,1H3. The molecule has 0 N–H and O–H groups in total. The van der Waals surface area contributed by atoms with Crippen molar-refractivity contribution in [1.29, 1.82) is 0 Å². The molecule has 0 radical (unpaired) electrons. The molecule has 4 aromatic rings. The molecular formula is C25H17Cl2NO3. The third-order valence-corrected chi connectivity index (χ3v) is 5.43. The summed E-state index contributed by atoms with van der Waals surface area (Å²) in [7, 11) is 0. The van der Waals surface area contributed by atoms with Crippen molar-refractivity contribution in [3.8, 4) is 11.3 Å². The largest absolute Gasteiger partial charge is 0.454 e. The zero-order valence-corrected chi connectivity index (χ0v) is 18.1. The topological polar surface area (TPSA) is 56.3 Å². The third-order valence-electron chi connectivity index (χ3n) is 4.94. The van der Waals surface area contributed by atoms with Gasteiger partial charge in [0.1, 0.15) is 0 Å². The van der Waals surface area contributed by atoms with Crippen LogP contribution in [0.15, 0.2) is 72.8 Å². The summed E-state index contributed by atoms with van der Waals surface area (Å²) in [5.41, 5.74) is 3.54. The normalized spacial score (nSPS) is 10.8. The van der Waals surface area contributed by atoms with Crippen LogP contribution in [0, 0.1) is 6.92 Å². The lowest BCUT2D eigenvalue weighted by Crippen LogP contribution is -2.16. The van der Waals surface area contributed by atoms with E-state index in [0.717, 1.165) is 5.56 Å². The monoisotopic (exact) mass is 449 g/mol. The highest BCUT2D eigenvalue weighted by atomic mass is 35.5. The molecule has 1 heterocycles. The van der Waals surface area contributed by atoms with Crippen LogP contribution < -0.4 is 0 Å². The molecule has 0 saturated carbocycles. The molecule has 0 saturated heterocycles. The van der Waals surface area contributed by atoms with E-state index < -0.39 is 5.97 Å². The summed E-state index contributed by atoms with van der Waals surface area (Å²) < 4.78 is 5.40. The smallest absolute Gasteiger partial charge is 0.339 e. The summed E-state index contributed by atoms with van der Waals surface area (Å²) in [5, 5.41) is 1.76. The summed E-state index contributed by atoms with van der Waals surface area (Å²) in [5.74, 6) is -0.891. The van der Waals surface area contributed by atoms with E-state index in [2.05, 4.69) is 0 Å². The molecule has 0 amide bonds. The number of hydrogen-bond acceptors (Lipinski definition) is 4. The number of para-hydroxylation sites is 1. The Morgan fingerprint density at radius 3 is 2.39 bits per heavy atom. The number of pyridine rings is 1. The summed E-state index contributed by atoms with van der Waals surface area (Å²) in [6.45, 7) is 1.44. The molecule has 1 aromatic heterocycles. The number of Topliss-reactive ketones (excluding diaryl/α,β-unsaturated/α-hetero) is 1. The van der Waals surface area contributed by atoms with Crippen LogP contribution in [0.2, 0.25) is 10.0 Å². The average molecular weight is 450 g/mol. The first-order valence-electron chi connectivity index (χ1n) is 9.55. The molecule has 0 fully saturated rings. The fourth-order valence-corrected chi connectivity index (χ4v) is 3.73. The molecule has 31 heavy (non-hydrogen) atoms. The van der Waals surface area contributed by atoms with Gasteiger partial charge in [0.25, 0.3) is 0 Å². The minimum Gasteiger partial charge on any atom is -0.454 e. The van der Waals surface area contributed by atoms with Crippen molar-refractivity contribution >= 4 is 45.9 Å². The number of ether oxygens (including phenoxy) is 1. The summed E-state index contributed by atoms with van der Waals surface area (Å²) in [6, 6.07) is 21.1. The molecule has 4 nitrogen and oxygen atoms in total. The highest BCUT2D eigenvalue weighted by molar-refractivity contribution is 6.31. The highest BCUT2D eigenvalue weighted by Gasteiger charge is 2.21. The van der Waals surface area contributed by atoms with Crippen molar-refractivity contribution in [1.82, 2.24) is 4.98 Å². The Bertz CT molecular complexity index is 1300. The number of carbonyl (C=O) groups excluding carboxylic acids is 2. The first kappa shape index (κ1) is 21.0. The number of rotatable bonds is 5. The fourth-order valence-electron chi connectivity index (χ4n) is 3.41. The third kappa shape index (κ3) is 4.46. The average Bonchev–Trinajstić information content (AvgIpc) is 2.77. The zero-order valence-electron chi connectivity index (χ0n) is 16.6. The van der Waals surface area contributed by atoms with E-state index in [1.807, 2.05) is 43.3 Å². The second-order valence-electron chi connectivity index (χ2n) is 6.99. The number of halogens is 2. The van der Waals surface area contributed by atoms with E-state index in [-0.39, 0.29) is 12.4 Å². The van der Waals surface area contributed by atoms with E-state index in [4.69, 9.17) is 32.9 Å². The summed E-state index contributed by atoms with van der Waals surface area (Å²) in [4.78, 5) is 30.2. The lowest BCUT2D eigenvalue weighted by Gasteiger charge is -2.14. The first-order chi connectivity index (χ1) is 14.9. The first-order valence-corrected chi connectivity index (χ1v) is 10.3. The Morgan fingerprint density at radius 2 is 1.65 bits per heavy atom. The Labute approximate surface area is 189 Å². The van der Waals surface area contributed by atoms with Crippen LogP contribution in [0.3, 0.4) is 0 Å². The van der Waals surface area contributed by atoms with E-state index in [1.165, 1.54) is 0 Å². The van der Waals surface area contributed by atoms with Gasteiger partial charge in [0.15, 0.2) is 12.4 Å². The van der Waals surface area contributed by atoms with Crippen molar-refractivity contribution in [2.75, 3.05) is 6.61 Å². The van der Waals surface area contributed by atoms with E-state index >= 15 is 0 Å². The Balaban J connectivity index is 1.70. The minimum atomic E-state index is -0.582. The minimum absolute atomic E-state index is 0.309. The van der Waals surface area contributed by atoms with Gasteiger partial charge in [-0.3, -0.25) is 4.79 Å². The van der Waals surface area contributed by atoms with Crippen molar-refractivity contribution in [3.63, 3.8) is 0 Å². The van der Waals surface area contributed by atoms with Crippen LogP contribution in [-0.4, -0.2) is 23.3 Å². The molecule has 3 aromatic carbocycles. The molecule has 4 rings (SSSR count). The van der Waals surface area contributed by atoms with Gasteiger partial charge in [0.2, 0.25) is 0 Å². The van der Waals surface area contributed by atoms with Gasteiger partial charge < -0.3 is 4.74 Å². The van der Waals surface area contributed by atoms with Gasteiger partial charge in [-0.15, -0.1) is 0 Å². The number of fused-ring (bicyclic) bond motifs is 1. The Morgan fingerprint density at radius 1 is 0.903 bits per heavy atom. The molecule has 0 atom stereocenters. The van der Waals surface area contributed by atoms with Gasteiger partial charge in [0.05, 0.1) is 16.8 Å². The number of carbonyl (C=O) groups is 2. The van der Waals surface area contributed by atoms with Crippen LogP contribution in [0.25, 0.3) is 22.2 Å². The second kappa shape index (κ2) is 8.88. The van der Waals surface area contributed by atoms with Crippen LogP contribution in [-0.2, 0) is 4.74 Å². The molecule has 6 heteroatoms. The SMILES string of the molecule is Cc1c(-c2cccc(Cl)c2)nc2ccccc2c1C(=O)OCC(=O)c1ccc(Cl)cc1.